The Bertz CT molecular complexity index is 233. The molecule has 0 aromatic heterocycles. The molecule has 92 valence electrons. The normalized spacial score (nSPS) is 27.7. The zero-order valence-electron chi connectivity index (χ0n) is 10.1. The van der Waals surface area contributed by atoms with Crippen LogP contribution in [0.1, 0.15) is 32.1 Å². The summed E-state index contributed by atoms with van der Waals surface area (Å²) in [5, 5.41) is 3.32. The standard InChI is InChI=1S/C12H22N2O2/c1-14(10-5-8-16-9-6-10)12(15)11-4-2-3-7-13-11/h10-11,13H,2-9H2,1H3/t11-/m0/s1. The van der Waals surface area contributed by atoms with Crippen LogP contribution in [0, 0.1) is 0 Å². The minimum absolute atomic E-state index is 0.0570. The van der Waals surface area contributed by atoms with Gasteiger partial charge in [0.1, 0.15) is 0 Å². The summed E-state index contributed by atoms with van der Waals surface area (Å²) in [6.45, 7) is 2.57. The van der Waals surface area contributed by atoms with Crippen molar-refractivity contribution in [3.8, 4) is 0 Å². The van der Waals surface area contributed by atoms with E-state index < -0.39 is 0 Å². The third-order valence-electron chi connectivity index (χ3n) is 3.69. The number of amides is 1. The molecule has 2 saturated heterocycles. The molecule has 0 aliphatic carbocycles. The first-order chi connectivity index (χ1) is 7.79. The Balaban J connectivity index is 1.86. The number of nitrogens with one attached hydrogen (secondary N) is 1. The summed E-state index contributed by atoms with van der Waals surface area (Å²) in [6.07, 6.45) is 5.33. The predicted octanol–water partition coefficient (Wildman–Crippen LogP) is 0.766. The Hall–Kier alpha value is -0.610. The molecule has 0 radical (unpaired) electrons. The number of hydrogen-bond donors (Lipinski definition) is 1. The zero-order chi connectivity index (χ0) is 11.4. The van der Waals surface area contributed by atoms with Crippen LogP contribution in [0.3, 0.4) is 0 Å². The van der Waals surface area contributed by atoms with Crippen LogP contribution in [0.25, 0.3) is 0 Å². The molecule has 0 aromatic carbocycles. The number of likely N-dealkylation sites (N-methyl/N-ethyl adjacent to an activating group) is 1. The van der Waals surface area contributed by atoms with Gasteiger partial charge in [-0.25, -0.2) is 0 Å². The van der Waals surface area contributed by atoms with E-state index in [0.29, 0.717) is 6.04 Å². The summed E-state index contributed by atoms with van der Waals surface area (Å²) in [5.41, 5.74) is 0. The molecule has 1 atom stereocenters. The minimum Gasteiger partial charge on any atom is -0.381 e. The van der Waals surface area contributed by atoms with E-state index in [1.165, 1.54) is 12.8 Å². The molecule has 0 unspecified atom stereocenters. The molecule has 0 saturated carbocycles. The highest BCUT2D eigenvalue weighted by Gasteiger charge is 2.28. The van der Waals surface area contributed by atoms with Gasteiger partial charge in [-0.05, 0) is 32.2 Å². The fraction of sp³-hybridized carbons (Fsp3) is 0.917. The summed E-state index contributed by atoms with van der Waals surface area (Å²) >= 11 is 0. The molecule has 2 aliphatic heterocycles. The molecule has 4 nitrogen and oxygen atoms in total. The fourth-order valence-electron chi connectivity index (χ4n) is 2.56. The van der Waals surface area contributed by atoms with E-state index in [0.717, 1.165) is 39.0 Å². The molecular formula is C12H22N2O2. The number of ether oxygens (including phenoxy) is 1. The van der Waals surface area contributed by atoms with Gasteiger partial charge in [0.2, 0.25) is 5.91 Å². The smallest absolute Gasteiger partial charge is 0.239 e. The third kappa shape index (κ3) is 2.74. The number of carbonyl (C=O) groups excluding carboxylic acids is 1. The van der Waals surface area contributed by atoms with Crippen LogP contribution in [-0.2, 0) is 9.53 Å². The van der Waals surface area contributed by atoms with Gasteiger partial charge >= 0.3 is 0 Å². The van der Waals surface area contributed by atoms with Crippen molar-refractivity contribution in [3.05, 3.63) is 0 Å². The lowest BCUT2D eigenvalue weighted by atomic mass is 10.0. The van der Waals surface area contributed by atoms with Crippen LogP contribution in [0.5, 0.6) is 0 Å². The van der Waals surface area contributed by atoms with Gasteiger partial charge in [0, 0.05) is 26.3 Å². The highest BCUT2D eigenvalue weighted by molar-refractivity contribution is 5.82. The summed E-state index contributed by atoms with van der Waals surface area (Å²) in [5.74, 6) is 0.270. The van der Waals surface area contributed by atoms with Crippen molar-refractivity contribution < 1.29 is 9.53 Å². The second-order valence-electron chi connectivity index (χ2n) is 4.80. The molecular weight excluding hydrogens is 204 g/mol. The third-order valence-corrected chi connectivity index (χ3v) is 3.69. The quantitative estimate of drug-likeness (QED) is 0.756. The second-order valence-corrected chi connectivity index (χ2v) is 4.80. The molecule has 0 aromatic rings. The molecule has 2 aliphatic rings. The first-order valence-corrected chi connectivity index (χ1v) is 6.37. The number of hydrogen-bond acceptors (Lipinski definition) is 3. The Morgan fingerprint density at radius 3 is 2.62 bits per heavy atom. The van der Waals surface area contributed by atoms with E-state index in [1.807, 2.05) is 11.9 Å². The van der Waals surface area contributed by atoms with Crippen molar-refractivity contribution in [1.29, 1.82) is 0 Å². The van der Waals surface area contributed by atoms with Gasteiger partial charge in [-0.15, -0.1) is 0 Å². The van der Waals surface area contributed by atoms with Gasteiger partial charge < -0.3 is 15.0 Å². The largest absolute Gasteiger partial charge is 0.381 e. The van der Waals surface area contributed by atoms with Crippen molar-refractivity contribution in [2.45, 2.75) is 44.2 Å². The molecule has 4 heteroatoms. The molecule has 0 bridgehead atoms. The maximum absolute atomic E-state index is 12.2. The van der Waals surface area contributed by atoms with Crippen LogP contribution in [0.15, 0.2) is 0 Å². The summed E-state index contributed by atoms with van der Waals surface area (Å²) in [4.78, 5) is 14.2. The van der Waals surface area contributed by atoms with E-state index in [4.69, 9.17) is 4.74 Å². The van der Waals surface area contributed by atoms with Crippen molar-refractivity contribution >= 4 is 5.91 Å². The average Bonchev–Trinajstić information content (AvgIpc) is 2.39. The highest BCUT2D eigenvalue weighted by atomic mass is 16.5. The molecule has 16 heavy (non-hydrogen) atoms. The number of piperidine rings is 1. The maximum atomic E-state index is 12.2. The SMILES string of the molecule is CN(C(=O)[C@@H]1CCCCN1)C1CCOCC1. The molecule has 1 N–H and O–H groups in total. The summed E-state index contributed by atoms with van der Waals surface area (Å²) < 4.78 is 5.32. The lowest BCUT2D eigenvalue weighted by Gasteiger charge is -2.35. The monoisotopic (exact) mass is 226 g/mol. The Labute approximate surface area is 97.3 Å². The number of rotatable bonds is 2. The molecule has 2 heterocycles. The van der Waals surface area contributed by atoms with Crippen LogP contribution in [0.2, 0.25) is 0 Å². The topological polar surface area (TPSA) is 41.6 Å². The molecule has 0 spiro atoms. The minimum atomic E-state index is 0.0570. The van der Waals surface area contributed by atoms with Crippen LogP contribution in [0.4, 0.5) is 0 Å². The van der Waals surface area contributed by atoms with E-state index in [1.54, 1.807) is 0 Å². The van der Waals surface area contributed by atoms with Crippen LogP contribution in [-0.4, -0.2) is 49.7 Å². The van der Waals surface area contributed by atoms with E-state index in [2.05, 4.69) is 5.32 Å². The first kappa shape index (κ1) is 11.9. The molecule has 2 rings (SSSR count). The number of nitrogens with zero attached hydrogens (tertiary/aromatic N) is 1. The van der Waals surface area contributed by atoms with E-state index in [-0.39, 0.29) is 11.9 Å². The summed E-state index contributed by atoms with van der Waals surface area (Å²) in [7, 11) is 1.94. The molecule has 2 fully saturated rings. The maximum Gasteiger partial charge on any atom is 0.239 e. The fourth-order valence-corrected chi connectivity index (χ4v) is 2.56. The van der Waals surface area contributed by atoms with Crippen molar-refractivity contribution in [3.63, 3.8) is 0 Å². The lowest BCUT2D eigenvalue weighted by molar-refractivity contribution is -0.136. The predicted molar refractivity (Wildman–Crippen MR) is 62.3 cm³/mol. The lowest BCUT2D eigenvalue weighted by Crippen LogP contribution is -2.51. The Kier molecular flexibility index (Phi) is 4.18. The highest BCUT2D eigenvalue weighted by Crippen LogP contribution is 2.16. The van der Waals surface area contributed by atoms with Gasteiger partial charge in [0.25, 0.3) is 0 Å². The summed E-state index contributed by atoms with van der Waals surface area (Å²) in [6, 6.07) is 0.437. The van der Waals surface area contributed by atoms with Crippen LogP contribution >= 0.6 is 0 Å². The van der Waals surface area contributed by atoms with Gasteiger partial charge in [-0.3, -0.25) is 4.79 Å². The van der Waals surface area contributed by atoms with Crippen molar-refractivity contribution in [2.24, 2.45) is 0 Å². The number of carbonyl (C=O) groups is 1. The zero-order valence-corrected chi connectivity index (χ0v) is 10.1. The first-order valence-electron chi connectivity index (χ1n) is 6.37. The second kappa shape index (κ2) is 5.64. The van der Waals surface area contributed by atoms with E-state index in [9.17, 15) is 4.79 Å². The van der Waals surface area contributed by atoms with Gasteiger partial charge in [-0.2, -0.15) is 0 Å². The van der Waals surface area contributed by atoms with Gasteiger partial charge in [0.15, 0.2) is 0 Å². The average molecular weight is 226 g/mol. The van der Waals surface area contributed by atoms with Gasteiger partial charge in [0.05, 0.1) is 6.04 Å². The Morgan fingerprint density at radius 2 is 2.00 bits per heavy atom. The van der Waals surface area contributed by atoms with Crippen molar-refractivity contribution in [1.82, 2.24) is 10.2 Å². The van der Waals surface area contributed by atoms with Gasteiger partial charge in [-0.1, -0.05) is 6.42 Å². The Morgan fingerprint density at radius 1 is 1.25 bits per heavy atom. The van der Waals surface area contributed by atoms with Crippen LogP contribution < -0.4 is 5.32 Å². The van der Waals surface area contributed by atoms with E-state index >= 15 is 0 Å². The van der Waals surface area contributed by atoms with Crippen molar-refractivity contribution in [2.75, 3.05) is 26.8 Å². The molecule has 1 amide bonds.